The topological polar surface area (TPSA) is 72.4 Å². The van der Waals surface area contributed by atoms with E-state index in [9.17, 15) is 4.79 Å². The number of Topliss-reactive ketones (excluding diaryl/α,β-unsaturated/α-hetero) is 1. The Kier molecular flexibility index (Phi) is 13.1. The molecule has 4 N–H and O–H groups in total. The van der Waals surface area contributed by atoms with E-state index in [2.05, 4.69) is 101 Å². The second kappa shape index (κ2) is 16.0. The molecule has 0 amide bonds. The highest BCUT2D eigenvalue weighted by Crippen LogP contribution is 2.42. The first-order valence-electron chi connectivity index (χ1n) is 14.1. The van der Waals surface area contributed by atoms with E-state index in [0.29, 0.717) is 18.7 Å². The first kappa shape index (κ1) is 31.1. The van der Waals surface area contributed by atoms with E-state index in [1.54, 1.807) is 0 Å². The van der Waals surface area contributed by atoms with Gasteiger partial charge in [-0.2, -0.15) is 0 Å². The maximum Gasteiger partial charge on any atom is 0.160 e. The third kappa shape index (κ3) is 9.98. The van der Waals surface area contributed by atoms with Crippen LogP contribution in [0.2, 0.25) is 0 Å². The van der Waals surface area contributed by atoms with E-state index < -0.39 is 0 Å². The minimum absolute atomic E-state index is 0.0323. The van der Waals surface area contributed by atoms with Crippen LogP contribution in [0.5, 0.6) is 0 Å². The van der Waals surface area contributed by atoms with Gasteiger partial charge in [0.15, 0.2) is 5.78 Å². The third-order valence-electron chi connectivity index (χ3n) is 6.91. The summed E-state index contributed by atoms with van der Waals surface area (Å²) in [7, 11) is 0. The first-order chi connectivity index (χ1) is 18.2. The first-order valence-corrected chi connectivity index (χ1v) is 14.1. The van der Waals surface area contributed by atoms with Crippen molar-refractivity contribution in [1.82, 2.24) is 5.01 Å². The summed E-state index contributed by atoms with van der Waals surface area (Å²) < 4.78 is 0. The predicted octanol–water partition coefficient (Wildman–Crippen LogP) is 8.27. The van der Waals surface area contributed by atoms with Gasteiger partial charge in [0.25, 0.3) is 0 Å². The number of allylic oxidation sites excluding steroid dienone is 16. The van der Waals surface area contributed by atoms with Crippen LogP contribution in [-0.4, -0.2) is 10.8 Å². The highest BCUT2D eigenvalue weighted by Gasteiger charge is 2.35. The summed E-state index contributed by atoms with van der Waals surface area (Å²) in [6.07, 6.45) is 33.8. The van der Waals surface area contributed by atoms with Crippen molar-refractivity contribution in [2.75, 3.05) is 0 Å². The van der Waals surface area contributed by atoms with Gasteiger partial charge < -0.3 is 5.73 Å². The summed E-state index contributed by atoms with van der Waals surface area (Å²) in [6, 6.07) is 0. The summed E-state index contributed by atoms with van der Waals surface area (Å²) in [6.45, 7) is 10.6. The summed E-state index contributed by atoms with van der Waals surface area (Å²) >= 11 is 0. The molecule has 2 aliphatic carbocycles. The van der Waals surface area contributed by atoms with E-state index in [1.165, 1.54) is 10.6 Å². The molecule has 4 nitrogen and oxygen atoms in total. The van der Waals surface area contributed by atoms with Crippen LogP contribution in [0.1, 0.15) is 86.0 Å². The number of hydrazine groups is 1. The van der Waals surface area contributed by atoms with Crippen molar-refractivity contribution in [3.05, 3.63) is 107 Å². The van der Waals surface area contributed by atoms with Crippen LogP contribution in [0, 0.1) is 11.3 Å². The van der Waals surface area contributed by atoms with Gasteiger partial charge in [-0.15, -0.1) is 0 Å². The maximum absolute atomic E-state index is 13.6. The van der Waals surface area contributed by atoms with Crippen molar-refractivity contribution in [3.63, 3.8) is 0 Å². The smallest absolute Gasteiger partial charge is 0.160 e. The maximum atomic E-state index is 13.6. The standard InChI is InChI=1S/C34H49N3O/c1-6-8-10-11-12-13-18-21-29(32-27(3)25-34(4,5)26-31(32)38)30(33(35)37(36)24-9-7-2)23-22-28-19-16-14-15-17-20-28/h8-12,14-16,18-21,24,29H,6-7,13,17,22-23,25-26,35-36H2,1-5H3/b10-8-,12-11?,21-18+,24-9+,33-30+. The Morgan fingerprint density at radius 2 is 1.82 bits per heavy atom. The number of nitrogens with zero attached hydrogens (tertiary/aromatic N) is 1. The second-order valence-corrected chi connectivity index (χ2v) is 11.0. The molecule has 1 unspecified atom stereocenters. The highest BCUT2D eigenvalue weighted by molar-refractivity contribution is 5.98. The van der Waals surface area contributed by atoms with Crippen molar-refractivity contribution in [2.45, 2.75) is 86.0 Å². The van der Waals surface area contributed by atoms with Crippen LogP contribution < -0.4 is 11.6 Å². The number of carbonyl (C=O) groups excluding carboxylic acids is 1. The lowest BCUT2D eigenvalue weighted by molar-refractivity contribution is -0.118. The lowest BCUT2D eigenvalue weighted by Gasteiger charge is -2.35. The fraction of sp³-hybridized carbons (Fsp3) is 0.441. The Labute approximate surface area is 231 Å². The van der Waals surface area contributed by atoms with Gasteiger partial charge in [-0.1, -0.05) is 112 Å². The van der Waals surface area contributed by atoms with Gasteiger partial charge in [0.1, 0.15) is 5.82 Å². The van der Waals surface area contributed by atoms with Gasteiger partial charge in [0.2, 0.25) is 0 Å². The van der Waals surface area contributed by atoms with E-state index in [-0.39, 0.29) is 17.1 Å². The summed E-state index contributed by atoms with van der Waals surface area (Å²) in [5, 5.41) is 1.52. The van der Waals surface area contributed by atoms with Crippen molar-refractivity contribution < 1.29 is 4.79 Å². The third-order valence-corrected chi connectivity index (χ3v) is 6.91. The highest BCUT2D eigenvalue weighted by atomic mass is 16.1. The molecule has 0 aliphatic heterocycles. The molecule has 4 heteroatoms. The summed E-state index contributed by atoms with van der Waals surface area (Å²) in [4.78, 5) is 13.6. The van der Waals surface area contributed by atoms with E-state index in [0.717, 1.165) is 55.2 Å². The van der Waals surface area contributed by atoms with Crippen LogP contribution in [0.4, 0.5) is 0 Å². The lowest BCUT2D eigenvalue weighted by Crippen LogP contribution is -2.34. The molecule has 0 aromatic carbocycles. The SMILES string of the molecule is CC/C=C\C=CC/C=C/C(C1=C(C)CC(C)(C)CC1=O)/C(CCC1=CCC=CC=C1)=C(\N)N(N)/C=C/CC. The van der Waals surface area contributed by atoms with Crippen LogP contribution in [0.15, 0.2) is 107 Å². The molecule has 38 heavy (non-hydrogen) atoms. The van der Waals surface area contributed by atoms with Crippen LogP contribution in [0.3, 0.4) is 0 Å². The van der Waals surface area contributed by atoms with E-state index in [4.69, 9.17) is 11.6 Å². The summed E-state index contributed by atoms with van der Waals surface area (Å²) in [5.74, 6) is 6.93. The molecule has 0 aromatic heterocycles. The molecule has 0 aromatic rings. The molecule has 2 aliphatic rings. The zero-order chi connectivity index (χ0) is 28.0. The molecule has 1 atom stereocenters. The van der Waals surface area contributed by atoms with Crippen molar-refractivity contribution >= 4 is 5.78 Å². The number of hydrogen-bond acceptors (Lipinski definition) is 4. The van der Waals surface area contributed by atoms with Gasteiger partial charge in [-0.25, -0.2) is 5.84 Å². The van der Waals surface area contributed by atoms with E-state index in [1.807, 2.05) is 12.3 Å². The van der Waals surface area contributed by atoms with Crippen LogP contribution in [0.25, 0.3) is 0 Å². The van der Waals surface area contributed by atoms with Gasteiger partial charge in [-0.3, -0.25) is 9.80 Å². The van der Waals surface area contributed by atoms with Gasteiger partial charge in [-0.05, 0) is 62.9 Å². The normalized spacial score (nSPS) is 19.6. The summed E-state index contributed by atoms with van der Waals surface area (Å²) in [5.41, 5.74) is 11.0. The molecule has 0 bridgehead atoms. The van der Waals surface area contributed by atoms with Gasteiger partial charge >= 0.3 is 0 Å². The molecule has 0 saturated heterocycles. The largest absolute Gasteiger partial charge is 0.384 e. The molecule has 2 rings (SSSR count). The van der Waals surface area contributed by atoms with Crippen molar-refractivity contribution in [2.24, 2.45) is 22.9 Å². The molecule has 206 valence electrons. The number of carbonyl (C=O) groups is 1. The number of nitrogens with two attached hydrogens (primary N) is 2. The number of rotatable bonds is 13. The Hall–Kier alpha value is -3.11. The average Bonchev–Trinajstić information content (AvgIpc) is 3.14. The minimum atomic E-state index is -0.215. The molecular weight excluding hydrogens is 466 g/mol. The molecular formula is C34H49N3O. The van der Waals surface area contributed by atoms with Crippen LogP contribution in [-0.2, 0) is 4.79 Å². The quantitative estimate of drug-likeness (QED) is 0.112. The second-order valence-electron chi connectivity index (χ2n) is 11.0. The molecule has 0 saturated carbocycles. The average molecular weight is 516 g/mol. The zero-order valence-corrected chi connectivity index (χ0v) is 24.2. The Morgan fingerprint density at radius 3 is 2.53 bits per heavy atom. The van der Waals surface area contributed by atoms with Gasteiger partial charge in [0.05, 0.1) is 0 Å². The minimum Gasteiger partial charge on any atom is -0.384 e. The molecule has 0 spiro atoms. The predicted molar refractivity (Wildman–Crippen MR) is 163 cm³/mol. The number of ketones is 1. The fourth-order valence-corrected chi connectivity index (χ4v) is 5.13. The van der Waals surface area contributed by atoms with Crippen molar-refractivity contribution in [3.8, 4) is 0 Å². The van der Waals surface area contributed by atoms with E-state index >= 15 is 0 Å². The fourth-order valence-electron chi connectivity index (χ4n) is 5.13. The molecule has 0 fully saturated rings. The lowest BCUT2D eigenvalue weighted by atomic mass is 9.69. The zero-order valence-electron chi connectivity index (χ0n) is 24.2. The Balaban J connectivity index is 2.55. The molecule has 0 radical (unpaired) electrons. The Bertz CT molecular complexity index is 1070. The van der Waals surface area contributed by atoms with Crippen molar-refractivity contribution in [1.29, 1.82) is 0 Å². The van der Waals surface area contributed by atoms with Crippen LogP contribution >= 0.6 is 0 Å². The molecule has 0 heterocycles. The Morgan fingerprint density at radius 1 is 1.08 bits per heavy atom. The monoisotopic (exact) mass is 515 g/mol. The van der Waals surface area contributed by atoms with Gasteiger partial charge in [0, 0.05) is 24.1 Å². The number of hydrogen-bond donors (Lipinski definition) is 2.